The van der Waals surface area contributed by atoms with Crippen LogP contribution in [0.5, 0.6) is 0 Å². The number of carboxylic acids is 1. The van der Waals surface area contributed by atoms with Gasteiger partial charge in [-0.05, 0) is 24.3 Å². The van der Waals surface area contributed by atoms with E-state index in [-0.39, 0.29) is 5.75 Å². The Morgan fingerprint density at radius 3 is 2.78 bits per heavy atom. The molecule has 0 saturated heterocycles. The lowest BCUT2D eigenvalue weighted by atomic mass is 10.3. The van der Waals surface area contributed by atoms with Gasteiger partial charge in [-0.3, -0.25) is 9.78 Å². The van der Waals surface area contributed by atoms with E-state index >= 15 is 0 Å². The maximum Gasteiger partial charge on any atom is 0.313 e. The Labute approximate surface area is 108 Å². The van der Waals surface area contributed by atoms with Gasteiger partial charge in [-0.25, -0.2) is 4.98 Å². The summed E-state index contributed by atoms with van der Waals surface area (Å²) in [5, 5.41) is 12.5. The third-order valence-electron chi connectivity index (χ3n) is 2.06. The number of pyridine rings is 2. The fourth-order valence-electron chi connectivity index (χ4n) is 1.32. The highest BCUT2D eigenvalue weighted by Gasteiger charge is 2.06. The average molecular weight is 261 g/mol. The summed E-state index contributed by atoms with van der Waals surface area (Å²) < 4.78 is 0. The molecule has 0 unspecified atom stereocenters. The summed E-state index contributed by atoms with van der Waals surface area (Å²) in [6.07, 6.45) is 5.01. The van der Waals surface area contributed by atoms with Gasteiger partial charge in [0.15, 0.2) is 0 Å². The highest BCUT2D eigenvalue weighted by molar-refractivity contribution is 8.00. The van der Waals surface area contributed by atoms with Crippen LogP contribution >= 0.6 is 11.8 Å². The van der Waals surface area contributed by atoms with Gasteiger partial charge in [0.1, 0.15) is 5.03 Å². The third kappa shape index (κ3) is 3.46. The summed E-state index contributed by atoms with van der Waals surface area (Å²) in [5.41, 5.74) is 1.67. The minimum absolute atomic E-state index is 0.0119. The first-order chi connectivity index (χ1) is 8.75. The van der Waals surface area contributed by atoms with Crippen molar-refractivity contribution in [3.8, 4) is 0 Å². The Kier molecular flexibility index (Phi) is 4.14. The van der Waals surface area contributed by atoms with Crippen LogP contribution < -0.4 is 5.32 Å². The molecule has 2 aromatic rings. The van der Waals surface area contributed by atoms with E-state index < -0.39 is 5.97 Å². The van der Waals surface area contributed by atoms with Gasteiger partial charge < -0.3 is 10.4 Å². The Morgan fingerprint density at radius 1 is 1.28 bits per heavy atom. The molecule has 0 aliphatic heterocycles. The molecule has 2 N–H and O–H groups in total. The number of anilines is 2. The van der Waals surface area contributed by atoms with Gasteiger partial charge in [0.25, 0.3) is 0 Å². The van der Waals surface area contributed by atoms with Crippen LogP contribution in [0.15, 0.2) is 47.9 Å². The Morgan fingerprint density at radius 2 is 2.06 bits per heavy atom. The molecule has 0 aromatic carbocycles. The molecule has 0 atom stereocenters. The first-order valence-electron chi connectivity index (χ1n) is 5.22. The van der Waals surface area contributed by atoms with Crippen LogP contribution in [-0.2, 0) is 4.79 Å². The van der Waals surface area contributed by atoms with E-state index in [0.29, 0.717) is 5.03 Å². The van der Waals surface area contributed by atoms with Crippen molar-refractivity contribution in [2.24, 2.45) is 0 Å². The van der Waals surface area contributed by atoms with Crippen LogP contribution in [0.25, 0.3) is 0 Å². The number of aliphatic carboxylic acids is 1. The summed E-state index contributed by atoms with van der Waals surface area (Å²) in [5.74, 6) is -0.873. The van der Waals surface area contributed by atoms with E-state index in [0.717, 1.165) is 11.4 Å². The van der Waals surface area contributed by atoms with Crippen molar-refractivity contribution in [1.82, 2.24) is 9.97 Å². The molecule has 2 rings (SSSR count). The number of nitrogens with one attached hydrogen (secondary N) is 1. The molecule has 6 heteroatoms. The predicted molar refractivity (Wildman–Crippen MR) is 70.1 cm³/mol. The summed E-state index contributed by atoms with van der Waals surface area (Å²) in [7, 11) is 0. The monoisotopic (exact) mass is 261 g/mol. The van der Waals surface area contributed by atoms with E-state index in [1.54, 1.807) is 24.7 Å². The molecule has 2 heterocycles. The molecular weight excluding hydrogens is 250 g/mol. The van der Waals surface area contributed by atoms with E-state index in [4.69, 9.17) is 5.11 Å². The van der Waals surface area contributed by atoms with Gasteiger partial charge >= 0.3 is 5.97 Å². The maximum atomic E-state index is 10.6. The van der Waals surface area contributed by atoms with Crippen LogP contribution in [0.3, 0.4) is 0 Å². The minimum atomic E-state index is -0.861. The number of carbonyl (C=O) groups is 1. The molecule has 92 valence electrons. The zero-order valence-electron chi connectivity index (χ0n) is 9.41. The number of hydrogen-bond acceptors (Lipinski definition) is 5. The number of thioether (sulfide) groups is 1. The van der Waals surface area contributed by atoms with Crippen LogP contribution in [0, 0.1) is 0 Å². The van der Waals surface area contributed by atoms with Crippen molar-refractivity contribution in [3.63, 3.8) is 0 Å². The third-order valence-corrected chi connectivity index (χ3v) is 3.05. The number of carboxylic acid groups (broad SMARTS) is 1. The first kappa shape index (κ1) is 12.4. The molecular formula is C12H11N3O2S. The summed E-state index contributed by atoms with van der Waals surface area (Å²) >= 11 is 1.19. The van der Waals surface area contributed by atoms with Crippen molar-refractivity contribution in [2.75, 3.05) is 11.1 Å². The van der Waals surface area contributed by atoms with Gasteiger partial charge in [-0.2, -0.15) is 0 Å². The van der Waals surface area contributed by atoms with Crippen molar-refractivity contribution in [2.45, 2.75) is 5.03 Å². The second-order valence-electron chi connectivity index (χ2n) is 3.40. The fourth-order valence-corrected chi connectivity index (χ4v) is 1.99. The quantitative estimate of drug-likeness (QED) is 0.805. The van der Waals surface area contributed by atoms with E-state index in [9.17, 15) is 4.79 Å². The van der Waals surface area contributed by atoms with E-state index in [1.807, 2.05) is 18.2 Å². The fraction of sp³-hybridized carbons (Fsp3) is 0.0833. The molecule has 5 nitrogen and oxygen atoms in total. The van der Waals surface area contributed by atoms with Crippen molar-refractivity contribution < 1.29 is 9.90 Å². The van der Waals surface area contributed by atoms with E-state index in [2.05, 4.69) is 15.3 Å². The molecule has 18 heavy (non-hydrogen) atoms. The van der Waals surface area contributed by atoms with E-state index in [1.165, 1.54) is 11.8 Å². The Hall–Kier alpha value is -2.08. The number of hydrogen-bond donors (Lipinski definition) is 2. The number of rotatable bonds is 5. The number of nitrogens with zero attached hydrogens (tertiary/aromatic N) is 2. The van der Waals surface area contributed by atoms with Crippen molar-refractivity contribution >= 4 is 29.1 Å². The first-order valence-corrected chi connectivity index (χ1v) is 6.21. The largest absolute Gasteiger partial charge is 0.481 e. The van der Waals surface area contributed by atoms with Crippen LogP contribution in [0.4, 0.5) is 11.4 Å². The zero-order valence-corrected chi connectivity index (χ0v) is 10.2. The van der Waals surface area contributed by atoms with Crippen molar-refractivity contribution in [3.05, 3.63) is 42.9 Å². The molecule has 0 amide bonds. The smallest absolute Gasteiger partial charge is 0.313 e. The van der Waals surface area contributed by atoms with Crippen molar-refractivity contribution in [1.29, 1.82) is 0 Å². The average Bonchev–Trinajstić information content (AvgIpc) is 2.39. The molecule has 0 aliphatic carbocycles. The summed E-state index contributed by atoms with van der Waals surface area (Å²) in [6.45, 7) is 0. The molecule has 0 radical (unpaired) electrons. The maximum absolute atomic E-state index is 10.6. The predicted octanol–water partition coefficient (Wildman–Crippen LogP) is 2.40. The highest BCUT2D eigenvalue weighted by Crippen LogP contribution is 2.26. The lowest BCUT2D eigenvalue weighted by molar-refractivity contribution is -0.133. The molecule has 0 aliphatic rings. The number of aromatic nitrogens is 2. The van der Waals surface area contributed by atoms with Gasteiger partial charge in [-0.1, -0.05) is 11.8 Å². The Balaban J connectivity index is 2.14. The van der Waals surface area contributed by atoms with Gasteiger partial charge in [0, 0.05) is 24.3 Å². The minimum Gasteiger partial charge on any atom is -0.481 e. The van der Waals surface area contributed by atoms with Crippen LogP contribution in [0.1, 0.15) is 0 Å². The molecule has 0 spiro atoms. The Bertz CT molecular complexity index is 534. The standard InChI is InChI=1S/C12H11N3O2S/c16-11(17)8-18-12-10(2-1-5-14-12)15-9-3-6-13-7-4-9/h1-7H,8H2,(H,13,15)(H,16,17). The second kappa shape index (κ2) is 6.02. The second-order valence-corrected chi connectivity index (χ2v) is 4.36. The van der Waals surface area contributed by atoms with Gasteiger partial charge in [0.05, 0.1) is 11.4 Å². The van der Waals surface area contributed by atoms with Gasteiger partial charge in [0.2, 0.25) is 0 Å². The lowest BCUT2D eigenvalue weighted by Gasteiger charge is -2.09. The summed E-state index contributed by atoms with van der Waals surface area (Å²) in [6, 6.07) is 7.32. The van der Waals surface area contributed by atoms with Crippen LogP contribution in [-0.4, -0.2) is 26.8 Å². The normalized spacial score (nSPS) is 10.0. The van der Waals surface area contributed by atoms with Gasteiger partial charge in [-0.15, -0.1) is 0 Å². The zero-order chi connectivity index (χ0) is 12.8. The SMILES string of the molecule is O=C(O)CSc1ncccc1Nc1ccncc1. The molecule has 0 saturated carbocycles. The lowest BCUT2D eigenvalue weighted by Crippen LogP contribution is -2.00. The molecule has 0 bridgehead atoms. The summed E-state index contributed by atoms with van der Waals surface area (Å²) in [4.78, 5) is 18.7. The topological polar surface area (TPSA) is 75.1 Å². The molecule has 0 fully saturated rings. The highest BCUT2D eigenvalue weighted by atomic mass is 32.2. The molecule has 2 aromatic heterocycles. The van der Waals surface area contributed by atoms with Crippen LogP contribution in [0.2, 0.25) is 0 Å².